The largest absolute Gasteiger partial charge is 0.491 e. The molecule has 112 valence electrons. The van der Waals surface area contributed by atoms with Gasteiger partial charge in [0.15, 0.2) is 0 Å². The second-order valence-corrected chi connectivity index (χ2v) is 5.10. The van der Waals surface area contributed by atoms with E-state index in [4.69, 9.17) is 9.47 Å². The fraction of sp³-hybridized carbons (Fsp3) is 0.533. The molecule has 1 N–H and O–H groups in total. The maximum atomic E-state index is 13.1. The normalized spacial score (nSPS) is 13.9. The van der Waals surface area contributed by atoms with Crippen molar-refractivity contribution in [3.05, 3.63) is 30.1 Å². The van der Waals surface area contributed by atoms with Crippen LogP contribution in [0.5, 0.6) is 5.75 Å². The molecule has 0 bridgehead atoms. The third-order valence-corrected chi connectivity index (χ3v) is 2.66. The molecule has 0 aliphatic heterocycles. The Balaban J connectivity index is 2.76. The van der Waals surface area contributed by atoms with Crippen LogP contribution in [0.4, 0.5) is 4.39 Å². The number of esters is 1. The van der Waals surface area contributed by atoms with Crippen molar-refractivity contribution in [2.24, 2.45) is 0 Å². The maximum Gasteiger partial charge on any atom is 0.329 e. The molecule has 1 atom stereocenters. The van der Waals surface area contributed by atoms with Gasteiger partial charge in [-0.2, -0.15) is 0 Å². The summed E-state index contributed by atoms with van der Waals surface area (Å²) in [7, 11) is 0. The third kappa shape index (κ3) is 4.81. The number of nitrogens with one attached hydrogen (secondary N) is 1. The predicted octanol–water partition coefficient (Wildman–Crippen LogP) is 2.52. The first-order valence-electron chi connectivity index (χ1n) is 6.70. The van der Waals surface area contributed by atoms with Gasteiger partial charge in [0, 0.05) is 12.1 Å². The van der Waals surface area contributed by atoms with E-state index >= 15 is 0 Å². The molecule has 0 aliphatic carbocycles. The van der Waals surface area contributed by atoms with Gasteiger partial charge >= 0.3 is 5.97 Å². The number of ether oxygens (including phenoxy) is 2. The fourth-order valence-corrected chi connectivity index (χ4v) is 1.87. The first-order chi connectivity index (χ1) is 9.37. The Morgan fingerprint density at radius 1 is 1.45 bits per heavy atom. The van der Waals surface area contributed by atoms with Crippen LogP contribution in [0.25, 0.3) is 0 Å². The number of carbonyl (C=O) groups excluding carboxylic acids is 1. The van der Waals surface area contributed by atoms with Crippen LogP contribution in [0.2, 0.25) is 0 Å². The molecular weight excluding hydrogens is 261 g/mol. The van der Waals surface area contributed by atoms with Gasteiger partial charge < -0.3 is 9.47 Å². The lowest BCUT2D eigenvalue weighted by atomic mass is 10.0. The first kappa shape index (κ1) is 16.4. The molecule has 1 aromatic rings. The van der Waals surface area contributed by atoms with Gasteiger partial charge in [-0.25, -0.2) is 9.18 Å². The molecule has 1 unspecified atom stereocenters. The van der Waals surface area contributed by atoms with E-state index in [1.165, 1.54) is 12.1 Å². The number of carbonyl (C=O) groups is 1. The molecule has 1 rings (SSSR count). The van der Waals surface area contributed by atoms with Gasteiger partial charge in [0.2, 0.25) is 0 Å². The Morgan fingerprint density at radius 3 is 2.70 bits per heavy atom. The number of rotatable bonds is 7. The minimum atomic E-state index is -0.976. The lowest BCUT2D eigenvalue weighted by Gasteiger charge is -2.30. The molecule has 0 saturated heterocycles. The molecule has 0 fully saturated rings. The minimum absolute atomic E-state index is 0.0630. The number of halogens is 1. The van der Waals surface area contributed by atoms with Crippen molar-refractivity contribution in [1.29, 1.82) is 0 Å². The van der Waals surface area contributed by atoms with Crippen LogP contribution in [0, 0.1) is 5.82 Å². The number of hydrogen-bond acceptors (Lipinski definition) is 4. The van der Waals surface area contributed by atoms with Crippen LogP contribution in [0.15, 0.2) is 24.3 Å². The van der Waals surface area contributed by atoms with Crippen molar-refractivity contribution < 1.29 is 18.7 Å². The average molecular weight is 283 g/mol. The van der Waals surface area contributed by atoms with E-state index in [1.807, 2.05) is 13.8 Å². The summed E-state index contributed by atoms with van der Waals surface area (Å²) >= 11 is 0. The topological polar surface area (TPSA) is 47.6 Å². The van der Waals surface area contributed by atoms with Gasteiger partial charge in [0.1, 0.15) is 23.7 Å². The molecule has 4 nitrogen and oxygen atoms in total. The standard InChI is InChI=1S/C15H22FNO3/c1-5-19-14(18)15(4,17-11(2)3)10-20-13-8-6-7-12(16)9-13/h6-9,11,17H,5,10H2,1-4H3. The summed E-state index contributed by atoms with van der Waals surface area (Å²) in [6.45, 7) is 7.69. The molecule has 1 aromatic carbocycles. The highest BCUT2D eigenvalue weighted by molar-refractivity contribution is 5.80. The summed E-state index contributed by atoms with van der Waals surface area (Å²) in [5, 5.41) is 3.13. The lowest BCUT2D eigenvalue weighted by Crippen LogP contribution is -2.57. The highest BCUT2D eigenvalue weighted by atomic mass is 19.1. The van der Waals surface area contributed by atoms with Gasteiger partial charge in [-0.3, -0.25) is 5.32 Å². The summed E-state index contributed by atoms with van der Waals surface area (Å²) in [6.07, 6.45) is 0. The quantitative estimate of drug-likeness (QED) is 0.781. The molecule has 0 saturated carbocycles. The third-order valence-electron chi connectivity index (χ3n) is 2.66. The van der Waals surface area contributed by atoms with Crippen LogP contribution in [0.3, 0.4) is 0 Å². The van der Waals surface area contributed by atoms with E-state index in [0.29, 0.717) is 12.4 Å². The van der Waals surface area contributed by atoms with Crippen molar-refractivity contribution in [3.8, 4) is 5.75 Å². The Labute approximate surface area is 119 Å². The van der Waals surface area contributed by atoms with Gasteiger partial charge in [0.05, 0.1) is 6.61 Å². The van der Waals surface area contributed by atoms with Crippen molar-refractivity contribution in [2.45, 2.75) is 39.3 Å². The van der Waals surface area contributed by atoms with Crippen molar-refractivity contribution in [1.82, 2.24) is 5.32 Å². The van der Waals surface area contributed by atoms with Gasteiger partial charge in [-0.15, -0.1) is 0 Å². The molecule has 0 radical (unpaired) electrons. The zero-order chi connectivity index (χ0) is 15.2. The molecule has 5 heteroatoms. The van der Waals surface area contributed by atoms with Crippen LogP contribution < -0.4 is 10.1 Å². The second kappa shape index (κ2) is 7.24. The van der Waals surface area contributed by atoms with Crippen molar-refractivity contribution in [3.63, 3.8) is 0 Å². The maximum absolute atomic E-state index is 13.1. The minimum Gasteiger partial charge on any atom is -0.491 e. The molecular formula is C15H22FNO3. The average Bonchev–Trinajstić information content (AvgIpc) is 2.36. The number of hydrogen-bond donors (Lipinski definition) is 1. The Bertz CT molecular complexity index is 450. The van der Waals surface area contributed by atoms with E-state index in [9.17, 15) is 9.18 Å². The van der Waals surface area contributed by atoms with E-state index in [0.717, 1.165) is 0 Å². The van der Waals surface area contributed by atoms with E-state index in [1.54, 1.807) is 26.0 Å². The Hall–Kier alpha value is -1.62. The fourth-order valence-electron chi connectivity index (χ4n) is 1.87. The zero-order valence-electron chi connectivity index (χ0n) is 12.4. The van der Waals surface area contributed by atoms with Crippen molar-refractivity contribution in [2.75, 3.05) is 13.2 Å². The first-order valence-corrected chi connectivity index (χ1v) is 6.70. The Morgan fingerprint density at radius 2 is 2.15 bits per heavy atom. The van der Waals surface area contributed by atoms with Crippen LogP contribution in [0.1, 0.15) is 27.7 Å². The Kier molecular flexibility index (Phi) is 5.95. The summed E-state index contributed by atoms with van der Waals surface area (Å²) in [5.74, 6) is -0.381. The summed E-state index contributed by atoms with van der Waals surface area (Å²) in [6, 6.07) is 5.90. The van der Waals surface area contributed by atoms with Crippen LogP contribution in [-0.2, 0) is 9.53 Å². The van der Waals surface area contributed by atoms with Crippen LogP contribution in [-0.4, -0.2) is 30.8 Å². The van der Waals surface area contributed by atoms with E-state index < -0.39 is 5.54 Å². The highest BCUT2D eigenvalue weighted by Gasteiger charge is 2.36. The zero-order valence-corrected chi connectivity index (χ0v) is 12.4. The lowest BCUT2D eigenvalue weighted by molar-refractivity contribution is -0.152. The number of benzene rings is 1. The van der Waals surface area contributed by atoms with Crippen LogP contribution >= 0.6 is 0 Å². The monoisotopic (exact) mass is 283 g/mol. The smallest absolute Gasteiger partial charge is 0.329 e. The molecule has 0 spiro atoms. The molecule has 0 amide bonds. The van der Waals surface area contributed by atoms with E-state index in [-0.39, 0.29) is 24.4 Å². The summed E-state index contributed by atoms with van der Waals surface area (Å²) < 4.78 is 23.7. The molecule has 0 heterocycles. The van der Waals surface area contributed by atoms with Gasteiger partial charge in [-0.05, 0) is 39.8 Å². The SMILES string of the molecule is CCOC(=O)C(C)(COc1cccc(F)c1)NC(C)C. The highest BCUT2D eigenvalue weighted by Crippen LogP contribution is 2.16. The van der Waals surface area contributed by atoms with Gasteiger partial charge in [0.25, 0.3) is 0 Å². The summed E-state index contributed by atoms with van der Waals surface area (Å²) in [4.78, 5) is 12.0. The summed E-state index contributed by atoms with van der Waals surface area (Å²) in [5.41, 5.74) is -0.976. The van der Waals surface area contributed by atoms with Gasteiger partial charge in [-0.1, -0.05) is 6.07 Å². The second-order valence-electron chi connectivity index (χ2n) is 5.10. The molecule has 20 heavy (non-hydrogen) atoms. The predicted molar refractivity (Wildman–Crippen MR) is 75.2 cm³/mol. The molecule has 0 aliphatic rings. The molecule has 0 aromatic heterocycles. The van der Waals surface area contributed by atoms with Crippen molar-refractivity contribution >= 4 is 5.97 Å². The van der Waals surface area contributed by atoms with E-state index in [2.05, 4.69) is 5.32 Å².